The largest absolute Gasteiger partial charge is 0.298 e. The van der Waals surface area contributed by atoms with E-state index in [1.165, 1.54) is 25.8 Å². The van der Waals surface area contributed by atoms with Gasteiger partial charge in [-0.2, -0.15) is 0 Å². The Balaban J connectivity index is 1.87. The molecular formula is C12H21NO. The van der Waals surface area contributed by atoms with Gasteiger partial charge in [-0.1, -0.05) is 13.3 Å². The molecule has 0 aliphatic heterocycles. The fourth-order valence-electron chi connectivity index (χ4n) is 2.67. The zero-order valence-corrected chi connectivity index (χ0v) is 9.17. The Kier molecular flexibility index (Phi) is 3.22. The average Bonchev–Trinajstić information content (AvgIpc) is 2.51. The fourth-order valence-corrected chi connectivity index (χ4v) is 2.67. The number of hydrogen-bond donors (Lipinski definition) is 0. The lowest BCUT2D eigenvalue weighted by Gasteiger charge is -2.34. The summed E-state index contributed by atoms with van der Waals surface area (Å²) in [6.45, 7) is 4.41. The van der Waals surface area contributed by atoms with Crippen molar-refractivity contribution in [1.29, 1.82) is 0 Å². The molecule has 0 spiro atoms. The summed E-state index contributed by atoms with van der Waals surface area (Å²) in [5, 5.41) is 0. The summed E-state index contributed by atoms with van der Waals surface area (Å²) in [4.78, 5) is 14.0. The van der Waals surface area contributed by atoms with Crippen molar-refractivity contribution in [1.82, 2.24) is 4.90 Å². The molecule has 0 aromatic heterocycles. The highest BCUT2D eigenvalue weighted by Gasteiger charge is 2.31. The van der Waals surface area contributed by atoms with Crippen LogP contribution in [-0.2, 0) is 4.79 Å². The van der Waals surface area contributed by atoms with Crippen molar-refractivity contribution in [3.63, 3.8) is 0 Å². The van der Waals surface area contributed by atoms with Gasteiger partial charge in [-0.15, -0.1) is 0 Å². The Hall–Kier alpha value is -0.370. The molecule has 2 rings (SSSR count). The smallest absolute Gasteiger partial charge is 0.149 e. The van der Waals surface area contributed by atoms with E-state index >= 15 is 0 Å². The van der Waals surface area contributed by atoms with Crippen LogP contribution in [0, 0.1) is 5.92 Å². The maximum atomic E-state index is 11.6. The molecule has 0 saturated heterocycles. The zero-order valence-electron chi connectivity index (χ0n) is 9.17. The summed E-state index contributed by atoms with van der Waals surface area (Å²) in [5.41, 5.74) is 0. The summed E-state index contributed by atoms with van der Waals surface area (Å²) in [6, 6.07) is 0.278. The van der Waals surface area contributed by atoms with Crippen LogP contribution in [0.4, 0.5) is 0 Å². The topological polar surface area (TPSA) is 20.3 Å². The second-order valence-electron chi connectivity index (χ2n) is 4.76. The molecule has 0 amide bonds. The maximum Gasteiger partial charge on any atom is 0.149 e. The molecular weight excluding hydrogens is 174 g/mol. The second kappa shape index (κ2) is 4.43. The Morgan fingerprint density at radius 1 is 1.29 bits per heavy atom. The lowest BCUT2D eigenvalue weighted by atomic mass is 9.85. The molecule has 0 bridgehead atoms. The van der Waals surface area contributed by atoms with Crippen molar-refractivity contribution in [2.75, 3.05) is 13.1 Å². The first-order chi connectivity index (χ1) is 6.81. The third-order valence-electron chi connectivity index (χ3n) is 3.84. The molecule has 80 valence electrons. The Morgan fingerprint density at radius 3 is 2.50 bits per heavy atom. The Morgan fingerprint density at radius 2 is 2.07 bits per heavy atom. The third kappa shape index (κ3) is 2.00. The van der Waals surface area contributed by atoms with Gasteiger partial charge in [0.2, 0.25) is 0 Å². The highest BCUT2D eigenvalue weighted by atomic mass is 16.1. The molecule has 2 aliphatic carbocycles. The third-order valence-corrected chi connectivity index (χ3v) is 3.84. The molecule has 0 heterocycles. The van der Waals surface area contributed by atoms with Crippen molar-refractivity contribution in [2.24, 2.45) is 5.92 Å². The molecule has 2 heteroatoms. The van der Waals surface area contributed by atoms with E-state index in [-0.39, 0.29) is 6.04 Å². The SMILES string of the molecule is CCN(CC1CCC1)C1CCCC1=O. The normalized spacial score (nSPS) is 28.4. The van der Waals surface area contributed by atoms with Crippen molar-refractivity contribution in [2.45, 2.75) is 51.5 Å². The summed E-state index contributed by atoms with van der Waals surface area (Å²) < 4.78 is 0. The van der Waals surface area contributed by atoms with Gasteiger partial charge >= 0.3 is 0 Å². The van der Waals surface area contributed by atoms with Crippen LogP contribution in [0.3, 0.4) is 0 Å². The number of nitrogens with zero attached hydrogens (tertiary/aromatic N) is 1. The highest BCUT2D eigenvalue weighted by Crippen LogP contribution is 2.29. The predicted octanol–water partition coefficient (Wildman–Crippen LogP) is 2.23. The van der Waals surface area contributed by atoms with Gasteiger partial charge in [0.1, 0.15) is 5.78 Å². The van der Waals surface area contributed by atoms with Crippen molar-refractivity contribution < 1.29 is 4.79 Å². The van der Waals surface area contributed by atoms with Gasteiger partial charge in [0, 0.05) is 13.0 Å². The van der Waals surface area contributed by atoms with Crippen LogP contribution < -0.4 is 0 Å². The zero-order chi connectivity index (χ0) is 9.97. The fraction of sp³-hybridized carbons (Fsp3) is 0.917. The van der Waals surface area contributed by atoms with E-state index in [4.69, 9.17) is 0 Å². The van der Waals surface area contributed by atoms with Crippen molar-refractivity contribution in [3.05, 3.63) is 0 Å². The van der Waals surface area contributed by atoms with Crippen LogP contribution in [0.25, 0.3) is 0 Å². The lowest BCUT2D eigenvalue weighted by molar-refractivity contribution is -0.122. The molecule has 2 aliphatic rings. The summed E-state index contributed by atoms with van der Waals surface area (Å²) >= 11 is 0. The van der Waals surface area contributed by atoms with E-state index < -0.39 is 0 Å². The molecule has 1 unspecified atom stereocenters. The van der Waals surface area contributed by atoms with E-state index in [0.29, 0.717) is 5.78 Å². The predicted molar refractivity (Wildman–Crippen MR) is 57.2 cm³/mol. The first-order valence-electron chi connectivity index (χ1n) is 6.08. The van der Waals surface area contributed by atoms with E-state index in [2.05, 4.69) is 11.8 Å². The van der Waals surface area contributed by atoms with Crippen LogP contribution in [0.2, 0.25) is 0 Å². The van der Waals surface area contributed by atoms with Gasteiger partial charge in [0.05, 0.1) is 6.04 Å². The van der Waals surface area contributed by atoms with Crippen molar-refractivity contribution >= 4 is 5.78 Å². The molecule has 0 aromatic carbocycles. The minimum Gasteiger partial charge on any atom is -0.298 e. The number of carbonyl (C=O) groups excluding carboxylic acids is 1. The quantitative estimate of drug-likeness (QED) is 0.685. The molecule has 0 aromatic rings. The average molecular weight is 195 g/mol. The first-order valence-corrected chi connectivity index (χ1v) is 6.08. The molecule has 2 nitrogen and oxygen atoms in total. The van der Waals surface area contributed by atoms with Gasteiger partial charge < -0.3 is 0 Å². The standard InChI is InChI=1S/C12H21NO/c1-2-13(9-10-5-3-6-10)11-7-4-8-12(11)14/h10-11H,2-9H2,1H3. The molecule has 0 N–H and O–H groups in total. The van der Waals surface area contributed by atoms with E-state index in [1.54, 1.807) is 0 Å². The second-order valence-corrected chi connectivity index (χ2v) is 4.76. The number of likely N-dealkylation sites (N-methyl/N-ethyl adjacent to an activating group) is 1. The van der Waals surface area contributed by atoms with Gasteiger partial charge in [-0.3, -0.25) is 9.69 Å². The Bertz CT molecular complexity index is 210. The van der Waals surface area contributed by atoms with Gasteiger partial charge in [-0.25, -0.2) is 0 Å². The number of hydrogen-bond acceptors (Lipinski definition) is 2. The number of rotatable bonds is 4. The van der Waals surface area contributed by atoms with Crippen LogP contribution in [0.1, 0.15) is 45.4 Å². The highest BCUT2D eigenvalue weighted by molar-refractivity contribution is 5.85. The summed E-state index contributed by atoms with van der Waals surface area (Å²) in [6.07, 6.45) is 7.23. The van der Waals surface area contributed by atoms with Crippen LogP contribution in [0.15, 0.2) is 0 Å². The molecule has 2 saturated carbocycles. The van der Waals surface area contributed by atoms with Crippen LogP contribution in [0.5, 0.6) is 0 Å². The molecule has 1 atom stereocenters. The van der Waals surface area contributed by atoms with Crippen molar-refractivity contribution in [3.8, 4) is 0 Å². The number of Topliss-reactive ketones (excluding diaryl/α,β-unsaturated/α-hetero) is 1. The minimum absolute atomic E-state index is 0.278. The molecule has 14 heavy (non-hydrogen) atoms. The van der Waals surface area contributed by atoms with Crippen LogP contribution in [-0.4, -0.2) is 29.8 Å². The first kappa shape index (κ1) is 10.2. The number of carbonyl (C=O) groups is 1. The van der Waals surface area contributed by atoms with Crippen LogP contribution >= 0.6 is 0 Å². The minimum atomic E-state index is 0.278. The number of ketones is 1. The van der Waals surface area contributed by atoms with E-state index in [0.717, 1.165) is 31.7 Å². The molecule has 0 radical (unpaired) electrons. The van der Waals surface area contributed by atoms with Gasteiger partial charge in [-0.05, 0) is 38.1 Å². The van der Waals surface area contributed by atoms with E-state index in [1.807, 2.05) is 0 Å². The summed E-state index contributed by atoms with van der Waals surface area (Å²) in [7, 11) is 0. The molecule has 2 fully saturated rings. The monoisotopic (exact) mass is 195 g/mol. The maximum absolute atomic E-state index is 11.6. The lowest BCUT2D eigenvalue weighted by Crippen LogP contribution is -2.42. The summed E-state index contributed by atoms with van der Waals surface area (Å²) in [5.74, 6) is 1.38. The van der Waals surface area contributed by atoms with Gasteiger partial charge in [0.25, 0.3) is 0 Å². The Labute approximate surface area is 86.7 Å². The van der Waals surface area contributed by atoms with Gasteiger partial charge in [0.15, 0.2) is 0 Å². The van der Waals surface area contributed by atoms with E-state index in [9.17, 15) is 4.79 Å².